The molecule has 3 rings (SSSR count). The van der Waals surface area contributed by atoms with E-state index in [-0.39, 0.29) is 10.7 Å². The Morgan fingerprint density at radius 2 is 1.43 bits per heavy atom. The molecule has 0 saturated heterocycles. The van der Waals surface area contributed by atoms with E-state index in [0.717, 1.165) is 23.1 Å². The average molecular weight is 348 g/mol. The number of carbonyl (C=O) groups excluding carboxylic acids is 1. The first-order chi connectivity index (χ1) is 11.0. The molecule has 0 bridgehead atoms. The van der Waals surface area contributed by atoms with Crippen LogP contribution < -0.4 is 0 Å². The van der Waals surface area contributed by atoms with Gasteiger partial charge in [0.1, 0.15) is 4.88 Å². The lowest BCUT2D eigenvalue weighted by molar-refractivity contribution is 0.0701. The zero-order valence-electron chi connectivity index (χ0n) is 12.3. The van der Waals surface area contributed by atoms with Crippen LogP contribution in [0.2, 0.25) is 0 Å². The zero-order valence-corrected chi connectivity index (χ0v) is 13.9. The van der Waals surface area contributed by atoms with E-state index in [4.69, 9.17) is 5.11 Å². The van der Waals surface area contributed by atoms with Gasteiger partial charge < -0.3 is 5.11 Å². The second kappa shape index (κ2) is 7.65. The van der Waals surface area contributed by atoms with E-state index in [1.165, 1.54) is 0 Å². The van der Waals surface area contributed by atoms with Crippen LogP contribution in [0, 0.1) is 13.8 Å². The summed E-state index contributed by atoms with van der Waals surface area (Å²) in [6.45, 7) is 3.41. The number of aromatic carboxylic acids is 1. The number of carbonyl (C=O) groups is 2. The molecular formula is C14H12N4O3S2. The molecule has 0 aliphatic carbocycles. The maximum atomic E-state index is 11.9. The number of hydrogen-bond donors (Lipinski definition) is 1. The number of carboxylic acids is 1. The van der Waals surface area contributed by atoms with Crippen molar-refractivity contribution in [1.29, 1.82) is 0 Å². The fourth-order valence-electron chi connectivity index (χ4n) is 1.59. The van der Waals surface area contributed by atoms with Crippen molar-refractivity contribution in [3.8, 4) is 0 Å². The molecule has 2 aromatic heterocycles. The van der Waals surface area contributed by atoms with Crippen LogP contribution in [0.3, 0.4) is 0 Å². The fraction of sp³-hybridized carbons (Fsp3) is 0.143. The van der Waals surface area contributed by atoms with E-state index in [1.807, 2.05) is 18.2 Å². The predicted molar refractivity (Wildman–Crippen MR) is 86.1 cm³/mol. The van der Waals surface area contributed by atoms with Crippen LogP contribution >= 0.6 is 23.1 Å². The maximum Gasteiger partial charge on any atom is 0.349 e. The van der Waals surface area contributed by atoms with Crippen molar-refractivity contribution < 1.29 is 14.7 Å². The molecule has 1 N–H and O–H groups in total. The molecule has 2 heterocycles. The van der Waals surface area contributed by atoms with Gasteiger partial charge in [-0.3, -0.25) is 4.79 Å². The fourth-order valence-corrected chi connectivity index (χ4v) is 2.70. The molecular weight excluding hydrogens is 336 g/mol. The summed E-state index contributed by atoms with van der Waals surface area (Å²) in [5, 5.41) is 15.7. The van der Waals surface area contributed by atoms with E-state index >= 15 is 0 Å². The van der Waals surface area contributed by atoms with Crippen LogP contribution in [0.1, 0.15) is 36.3 Å². The van der Waals surface area contributed by atoms with Crippen LogP contribution in [-0.2, 0) is 0 Å². The number of aryl methyl sites for hydroxylation is 2. The highest BCUT2D eigenvalue weighted by Crippen LogP contribution is 2.15. The van der Waals surface area contributed by atoms with Crippen molar-refractivity contribution in [2.75, 3.05) is 0 Å². The molecule has 0 saturated carbocycles. The van der Waals surface area contributed by atoms with Gasteiger partial charge in [0.25, 0.3) is 0 Å². The van der Waals surface area contributed by atoms with E-state index in [2.05, 4.69) is 19.2 Å². The summed E-state index contributed by atoms with van der Waals surface area (Å²) < 4.78 is 7.19. The second-order valence-corrected chi connectivity index (χ2v) is 5.88. The highest BCUT2D eigenvalue weighted by Gasteiger charge is 2.14. The van der Waals surface area contributed by atoms with Gasteiger partial charge in [0.15, 0.2) is 4.88 Å². The lowest BCUT2D eigenvalue weighted by atomic mass is 10.1. The Kier molecular flexibility index (Phi) is 5.61. The predicted octanol–water partition coefficient (Wildman–Crippen LogP) is 2.62. The van der Waals surface area contributed by atoms with Gasteiger partial charge in [-0.1, -0.05) is 39.3 Å². The van der Waals surface area contributed by atoms with Gasteiger partial charge in [-0.2, -0.15) is 0 Å². The van der Waals surface area contributed by atoms with Gasteiger partial charge in [0.05, 0.1) is 11.4 Å². The lowest BCUT2D eigenvalue weighted by Gasteiger charge is -1.96. The molecule has 0 unspecified atom stereocenters. The quantitative estimate of drug-likeness (QED) is 0.725. The molecule has 0 radical (unpaired) electrons. The minimum atomic E-state index is -0.956. The maximum absolute atomic E-state index is 11.9. The number of ketones is 1. The first-order valence-electron chi connectivity index (χ1n) is 6.41. The average Bonchev–Trinajstić information content (AvgIpc) is 3.16. The SMILES string of the molecule is Cc1nnsc1C(=O)O.Cc1nnsc1C(=O)c1ccccc1. The minimum absolute atomic E-state index is 0.00176. The first kappa shape index (κ1) is 16.8. The topological polar surface area (TPSA) is 106 Å². The third kappa shape index (κ3) is 4.24. The molecule has 0 aliphatic rings. The number of rotatable bonds is 3. The molecule has 0 amide bonds. The van der Waals surface area contributed by atoms with E-state index in [0.29, 0.717) is 21.8 Å². The molecule has 0 atom stereocenters. The Morgan fingerprint density at radius 1 is 0.913 bits per heavy atom. The summed E-state index contributed by atoms with van der Waals surface area (Å²) in [6, 6.07) is 9.16. The monoisotopic (exact) mass is 348 g/mol. The van der Waals surface area contributed by atoms with Crippen LogP contribution in [0.15, 0.2) is 30.3 Å². The largest absolute Gasteiger partial charge is 0.477 e. The molecule has 1 aromatic carbocycles. The van der Waals surface area contributed by atoms with E-state index in [9.17, 15) is 9.59 Å². The van der Waals surface area contributed by atoms with Crippen molar-refractivity contribution in [1.82, 2.24) is 19.2 Å². The normalized spacial score (nSPS) is 9.83. The van der Waals surface area contributed by atoms with Crippen molar-refractivity contribution in [2.24, 2.45) is 0 Å². The summed E-state index contributed by atoms with van der Waals surface area (Å²) in [4.78, 5) is 22.9. The van der Waals surface area contributed by atoms with Gasteiger partial charge in [-0.05, 0) is 36.9 Å². The Hall–Kier alpha value is -2.52. The summed E-state index contributed by atoms with van der Waals surface area (Å²) in [6.07, 6.45) is 0. The summed E-state index contributed by atoms with van der Waals surface area (Å²) >= 11 is 2.04. The van der Waals surface area contributed by atoms with Gasteiger partial charge in [0.2, 0.25) is 5.78 Å². The van der Waals surface area contributed by atoms with Crippen LogP contribution in [-0.4, -0.2) is 36.0 Å². The number of hydrogen-bond acceptors (Lipinski definition) is 8. The lowest BCUT2D eigenvalue weighted by Crippen LogP contribution is -1.99. The molecule has 0 fully saturated rings. The first-order valence-corrected chi connectivity index (χ1v) is 7.96. The van der Waals surface area contributed by atoms with Crippen molar-refractivity contribution in [3.05, 3.63) is 57.0 Å². The molecule has 0 aliphatic heterocycles. The minimum Gasteiger partial charge on any atom is -0.477 e. The zero-order chi connectivity index (χ0) is 16.8. The number of aromatic nitrogens is 4. The molecule has 0 spiro atoms. The number of carboxylic acid groups (broad SMARTS) is 1. The Bertz CT molecular complexity index is 814. The Balaban J connectivity index is 0.000000185. The van der Waals surface area contributed by atoms with Gasteiger partial charge in [-0.15, -0.1) is 10.2 Å². The highest BCUT2D eigenvalue weighted by atomic mass is 32.1. The van der Waals surface area contributed by atoms with E-state index < -0.39 is 5.97 Å². The van der Waals surface area contributed by atoms with Crippen LogP contribution in [0.25, 0.3) is 0 Å². The number of nitrogens with zero attached hydrogens (tertiary/aromatic N) is 4. The van der Waals surface area contributed by atoms with Crippen LogP contribution in [0.4, 0.5) is 0 Å². The standard InChI is InChI=1S/C10H8N2OS.C4H4N2O2S/c1-7-10(14-12-11-7)9(13)8-5-3-2-4-6-8;1-2-3(4(7)8)9-6-5-2/h2-6H,1H3;1H3,(H,7,8). The second-order valence-electron chi connectivity index (χ2n) is 4.38. The molecule has 9 heteroatoms. The molecule has 23 heavy (non-hydrogen) atoms. The Morgan fingerprint density at radius 3 is 1.83 bits per heavy atom. The molecule has 7 nitrogen and oxygen atoms in total. The smallest absolute Gasteiger partial charge is 0.349 e. The molecule has 3 aromatic rings. The number of benzene rings is 1. The Labute approximate surface area is 140 Å². The van der Waals surface area contributed by atoms with E-state index in [1.54, 1.807) is 26.0 Å². The summed E-state index contributed by atoms with van der Waals surface area (Å²) in [7, 11) is 0. The third-order valence-electron chi connectivity index (χ3n) is 2.74. The van der Waals surface area contributed by atoms with Crippen molar-refractivity contribution in [2.45, 2.75) is 13.8 Å². The van der Waals surface area contributed by atoms with Gasteiger partial charge in [-0.25, -0.2) is 4.79 Å². The van der Waals surface area contributed by atoms with Crippen LogP contribution in [0.5, 0.6) is 0 Å². The summed E-state index contributed by atoms with van der Waals surface area (Å²) in [5.74, 6) is -0.958. The van der Waals surface area contributed by atoms with Gasteiger partial charge in [0, 0.05) is 5.56 Å². The third-order valence-corrected chi connectivity index (χ3v) is 4.38. The van der Waals surface area contributed by atoms with Crippen molar-refractivity contribution >= 4 is 34.8 Å². The summed E-state index contributed by atoms with van der Waals surface area (Å²) in [5.41, 5.74) is 1.86. The molecule has 118 valence electrons. The highest BCUT2D eigenvalue weighted by molar-refractivity contribution is 7.08. The van der Waals surface area contributed by atoms with Crippen molar-refractivity contribution in [3.63, 3.8) is 0 Å². The van der Waals surface area contributed by atoms with Gasteiger partial charge >= 0.3 is 5.97 Å².